The van der Waals surface area contributed by atoms with Gasteiger partial charge in [-0.05, 0) is 49.9 Å². The third kappa shape index (κ3) is 6.73. The number of rotatable bonds is 9. The summed E-state index contributed by atoms with van der Waals surface area (Å²) < 4.78 is 25.8. The molecule has 4 rings (SSSR count). The quantitative estimate of drug-likeness (QED) is 0.495. The van der Waals surface area contributed by atoms with Gasteiger partial charge in [0.1, 0.15) is 12.4 Å². The molecule has 1 unspecified atom stereocenters. The Kier molecular flexibility index (Phi) is 8.21. The predicted octanol–water partition coefficient (Wildman–Crippen LogP) is 4.41. The molecule has 1 amide bonds. The van der Waals surface area contributed by atoms with Crippen LogP contribution in [0.25, 0.3) is 0 Å². The molecule has 0 aliphatic carbocycles. The molecule has 3 aromatic carbocycles. The van der Waals surface area contributed by atoms with E-state index in [4.69, 9.17) is 9.47 Å². The van der Waals surface area contributed by atoms with Crippen LogP contribution in [-0.2, 0) is 11.4 Å². The van der Waals surface area contributed by atoms with Crippen molar-refractivity contribution in [3.8, 4) is 11.5 Å². The van der Waals surface area contributed by atoms with Gasteiger partial charge in [0.25, 0.3) is 5.91 Å². The highest BCUT2D eigenvalue weighted by atomic mass is 19.1. The van der Waals surface area contributed by atoms with Crippen LogP contribution >= 0.6 is 0 Å². The largest absolute Gasteiger partial charge is 0.485 e. The monoisotopic (exact) mass is 477 g/mol. The standard InChI is InChI=1S/C28H32FN3O3/c1-21(24-18-23(29)12-13-25(24)32-16-14-31(2)15-17-32)30-28(33)20-35-27-11-7-6-10-26(27)34-19-22-8-4-3-5-9-22/h3-13,18,21H,14-17,19-20H2,1-2H3,(H,30,33). The number of halogens is 1. The number of hydrogen-bond donors (Lipinski definition) is 1. The van der Waals surface area contributed by atoms with Crippen molar-refractivity contribution >= 4 is 11.6 Å². The van der Waals surface area contributed by atoms with E-state index >= 15 is 0 Å². The molecule has 6 nitrogen and oxygen atoms in total. The molecule has 1 aliphatic heterocycles. The highest BCUT2D eigenvalue weighted by molar-refractivity contribution is 5.78. The molecule has 1 N–H and O–H groups in total. The lowest BCUT2D eigenvalue weighted by Gasteiger charge is -2.36. The van der Waals surface area contributed by atoms with E-state index in [0.717, 1.165) is 43.0 Å². The Balaban J connectivity index is 1.36. The van der Waals surface area contributed by atoms with Crippen LogP contribution in [0.3, 0.4) is 0 Å². The fraction of sp³-hybridized carbons (Fsp3) is 0.321. The summed E-state index contributed by atoms with van der Waals surface area (Å²) in [5.41, 5.74) is 2.75. The van der Waals surface area contributed by atoms with Crippen molar-refractivity contribution in [3.05, 3.63) is 89.7 Å². The van der Waals surface area contributed by atoms with E-state index in [1.165, 1.54) is 12.1 Å². The van der Waals surface area contributed by atoms with Crippen LogP contribution in [0, 0.1) is 5.82 Å². The molecule has 1 atom stereocenters. The van der Waals surface area contributed by atoms with Crippen molar-refractivity contribution < 1.29 is 18.7 Å². The molecule has 7 heteroatoms. The highest BCUT2D eigenvalue weighted by Gasteiger charge is 2.21. The summed E-state index contributed by atoms with van der Waals surface area (Å²) in [7, 11) is 2.09. The number of likely N-dealkylation sites (N-methyl/N-ethyl adjacent to an activating group) is 1. The maximum atomic E-state index is 14.1. The van der Waals surface area contributed by atoms with Crippen LogP contribution in [0.2, 0.25) is 0 Å². The molecule has 3 aromatic rings. The third-order valence-electron chi connectivity index (χ3n) is 6.12. The van der Waals surface area contributed by atoms with Crippen molar-refractivity contribution in [1.82, 2.24) is 10.2 Å². The van der Waals surface area contributed by atoms with Gasteiger partial charge >= 0.3 is 0 Å². The van der Waals surface area contributed by atoms with E-state index in [1.54, 1.807) is 12.1 Å². The summed E-state index contributed by atoms with van der Waals surface area (Å²) in [6.07, 6.45) is 0. The summed E-state index contributed by atoms with van der Waals surface area (Å²) in [6, 6.07) is 21.5. The van der Waals surface area contributed by atoms with Crippen LogP contribution in [0.4, 0.5) is 10.1 Å². The summed E-state index contributed by atoms with van der Waals surface area (Å²) in [5.74, 6) is 0.457. The number of carbonyl (C=O) groups excluding carboxylic acids is 1. The normalized spacial score (nSPS) is 14.9. The fourth-order valence-electron chi connectivity index (χ4n) is 4.14. The summed E-state index contributed by atoms with van der Waals surface area (Å²) >= 11 is 0. The number of piperazine rings is 1. The van der Waals surface area contributed by atoms with Gasteiger partial charge < -0.3 is 24.6 Å². The van der Waals surface area contributed by atoms with Gasteiger partial charge in [0, 0.05) is 37.4 Å². The van der Waals surface area contributed by atoms with Crippen LogP contribution in [0.15, 0.2) is 72.8 Å². The second-order valence-corrected chi connectivity index (χ2v) is 8.79. The molecule has 1 fully saturated rings. The zero-order valence-electron chi connectivity index (χ0n) is 20.2. The first kappa shape index (κ1) is 24.5. The molecule has 1 heterocycles. The Bertz CT molecular complexity index is 1120. The average Bonchev–Trinajstić information content (AvgIpc) is 2.88. The Hall–Kier alpha value is -3.58. The van der Waals surface area contributed by atoms with Crippen LogP contribution in [0.5, 0.6) is 11.5 Å². The third-order valence-corrected chi connectivity index (χ3v) is 6.12. The summed E-state index contributed by atoms with van der Waals surface area (Å²) in [6.45, 7) is 5.70. The Morgan fingerprint density at radius 2 is 1.60 bits per heavy atom. The van der Waals surface area contributed by atoms with Gasteiger partial charge in [-0.1, -0.05) is 42.5 Å². The molecular formula is C28H32FN3O3. The second kappa shape index (κ2) is 11.7. The number of nitrogens with one attached hydrogen (secondary N) is 1. The van der Waals surface area contributed by atoms with E-state index in [9.17, 15) is 9.18 Å². The molecule has 1 saturated heterocycles. The van der Waals surface area contributed by atoms with E-state index in [2.05, 4.69) is 22.2 Å². The maximum absolute atomic E-state index is 14.1. The number of carbonyl (C=O) groups is 1. The smallest absolute Gasteiger partial charge is 0.258 e. The molecule has 184 valence electrons. The maximum Gasteiger partial charge on any atom is 0.258 e. The number of anilines is 1. The van der Waals surface area contributed by atoms with E-state index in [1.807, 2.05) is 55.5 Å². The minimum absolute atomic E-state index is 0.171. The molecule has 1 aliphatic rings. The molecule has 0 saturated carbocycles. The van der Waals surface area contributed by atoms with Gasteiger partial charge in [0.15, 0.2) is 18.1 Å². The SMILES string of the molecule is CC(NC(=O)COc1ccccc1OCc1ccccc1)c1cc(F)ccc1N1CCN(C)CC1. The lowest BCUT2D eigenvalue weighted by atomic mass is 10.0. The van der Waals surface area contributed by atoms with Crippen LogP contribution in [-0.4, -0.2) is 50.6 Å². The average molecular weight is 478 g/mol. The summed E-state index contributed by atoms with van der Waals surface area (Å²) in [4.78, 5) is 17.2. The highest BCUT2D eigenvalue weighted by Crippen LogP contribution is 2.29. The second-order valence-electron chi connectivity index (χ2n) is 8.79. The molecule has 35 heavy (non-hydrogen) atoms. The zero-order valence-corrected chi connectivity index (χ0v) is 20.2. The van der Waals surface area contributed by atoms with Crippen molar-refractivity contribution in [3.63, 3.8) is 0 Å². The van der Waals surface area contributed by atoms with Gasteiger partial charge in [-0.2, -0.15) is 0 Å². The Morgan fingerprint density at radius 1 is 0.943 bits per heavy atom. The lowest BCUT2D eigenvalue weighted by molar-refractivity contribution is -0.123. The van der Waals surface area contributed by atoms with Crippen molar-refractivity contribution in [2.24, 2.45) is 0 Å². The molecular weight excluding hydrogens is 445 g/mol. The van der Waals surface area contributed by atoms with Crippen molar-refractivity contribution in [2.75, 3.05) is 44.7 Å². The molecule has 0 aromatic heterocycles. The number of amides is 1. The topological polar surface area (TPSA) is 54.0 Å². The van der Waals surface area contributed by atoms with Crippen LogP contribution < -0.4 is 19.7 Å². The van der Waals surface area contributed by atoms with Gasteiger partial charge in [0.2, 0.25) is 0 Å². The number of para-hydroxylation sites is 2. The Morgan fingerprint density at radius 3 is 2.31 bits per heavy atom. The first-order valence-electron chi connectivity index (χ1n) is 11.9. The van der Waals surface area contributed by atoms with E-state index in [-0.39, 0.29) is 24.4 Å². The predicted molar refractivity (Wildman–Crippen MR) is 135 cm³/mol. The minimum atomic E-state index is -0.374. The van der Waals surface area contributed by atoms with Gasteiger partial charge in [-0.25, -0.2) is 4.39 Å². The van der Waals surface area contributed by atoms with Gasteiger partial charge in [0.05, 0.1) is 6.04 Å². The first-order chi connectivity index (χ1) is 17.0. The van der Waals surface area contributed by atoms with Gasteiger partial charge in [-0.15, -0.1) is 0 Å². The van der Waals surface area contributed by atoms with Crippen molar-refractivity contribution in [1.29, 1.82) is 0 Å². The zero-order chi connectivity index (χ0) is 24.6. The number of ether oxygens (including phenoxy) is 2. The Labute approximate surface area is 206 Å². The number of nitrogens with zero attached hydrogens (tertiary/aromatic N) is 2. The van der Waals surface area contributed by atoms with Gasteiger partial charge in [-0.3, -0.25) is 4.79 Å². The van der Waals surface area contributed by atoms with Crippen LogP contribution in [0.1, 0.15) is 24.1 Å². The number of benzene rings is 3. The fourth-order valence-corrected chi connectivity index (χ4v) is 4.14. The minimum Gasteiger partial charge on any atom is -0.485 e. The molecule has 0 radical (unpaired) electrons. The molecule has 0 spiro atoms. The first-order valence-corrected chi connectivity index (χ1v) is 11.9. The van der Waals surface area contributed by atoms with Crippen molar-refractivity contribution in [2.45, 2.75) is 19.6 Å². The summed E-state index contributed by atoms with van der Waals surface area (Å²) in [5, 5.41) is 2.95. The van der Waals surface area contributed by atoms with E-state index < -0.39 is 0 Å². The number of hydrogen-bond acceptors (Lipinski definition) is 5. The lowest BCUT2D eigenvalue weighted by Crippen LogP contribution is -2.45. The van der Waals surface area contributed by atoms with E-state index in [0.29, 0.717) is 18.1 Å². The molecule has 0 bridgehead atoms.